The summed E-state index contributed by atoms with van der Waals surface area (Å²) in [5.74, 6) is 1.03. The molecule has 3 rings (SSSR count). The van der Waals surface area contributed by atoms with Crippen LogP contribution in [0, 0.1) is 0 Å². The number of carbonyl (C=O) groups is 1. The van der Waals surface area contributed by atoms with Crippen LogP contribution in [0.15, 0.2) is 12.1 Å². The van der Waals surface area contributed by atoms with Gasteiger partial charge in [0.1, 0.15) is 5.38 Å². The van der Waals surface area contributed by atoms with E-state index in [1.165, 1.54) is 0 Å². The minimum absolute atomic E-state index is 0.0697. The number of fused-ring (bicyclic) bond motifs is 1. The molecule has 2 aliphatic heterocycles. The SMILES string of the molecule is O=C(C(Cl)c1cc(Cl)c2c(c1)OCCCO2)N1CCCC1. The van der Waals surface area contributed by atoms with E-state index in [-0.39, 0.29) is 5.91 Å². The van der Waals surface area contributed by atoms with Gasteiger partial charge in [-0.2, -0.15) is 0 Å². The van der Waals surface area contributed by atoms with E-state index in [4.69, 9.17) is 32.7 Å². The number of alkyl halides is 1. The van der Waals surface area contributed by atoms with E-state index in [0.29, 0.717) is 35.3 Å². The molecule has 6 heteroatoms. The second-order valence-electron chi connectivity index (χ2n) is 5.28. The highest BCUT2D eigenvalue weighted by Gasteiger charge is 2.28. The van der Waals surface area contributed by atoms with Gasteiger partial charge in [0, 0.05) is 19.5 Å². The van der Waals surface area contributed by atoms with Crippen LogP contribution in [0.25, 0.3) is 0 Å². The predicted octanol–water partition coefficient (Wildman–Crippen LogP) is 3.40. The lowest BCUT2D eigenvalue weighted by Crippen LogP contribution is -2.30. The van der Waals surface area contributed by atoms with Crippen molar-refractivity contribution in [3.63, 3.8) is 0 Å². The van der Waals surface area contributed by atoms with E-state index in [2.05, 4.69) is 0 Å². The van der Waals surface area contributed by atoms with Crippen LogP contribution in [0.2, 0.25) is 5.02 Å². The van der Waals surface area contributed by atoms with Crippen LogP contribution in [0.1, 0.15) is 30.2 Å². The van der Waals surface area contributed by atoms with Gasteiger partial charge in [-0.15, -0.1) is 11.6 Å². The Morgan fingerprint density at radius 1 is 1.14 bits per heavy atom. The van der Waals surface area contributed by atoms with Crippen LogP contribution in [0.5, 0.6) is 11.5 Å². The molecule has 0 saturated carbocycles. The molecule has 1 fully saturated rings. The molecule has 2 aliphatic rings. The van der Waals surface area contributed by atoms with Crippen LogP contribution in [0.4, 0.5) is 0 Å². The van der Waals surface area contributed by atoms with Gasteiger partial charge >= 0.3 is 0 Å². The molecule has 0 spiro atoms. The lowest BCUT2D eigenvalue weighted by molar-refractivity contribution is -0.129. The van der Waals surface area contributed by atoms with Gasteiger partial charge in [-0.3, -0.25) is 4.79 Å². The number of nitrogens with zero attached hydrogens (tertiary/aromatic N) is 1. The molecule has 1 unspecified atom stereocenters. The number of rotatable bonds is 2. The maximum Gasteiger partial charge on any atom is 0.245 e. The number of amides is 1. The first-order valence-corrected chi connectivity index (χ1v) is 8.00. The monoisotopic (exact) mass is 329 g/mol. The number of halogens is 2. The van der Waals surface area contributed by atoms with Crippen molar-refractivity contribution in [1.82, 2.24) is 4.90 Å². The van der Waals surface area contributed by atoms with Crippen molar-refractivity contribution in [3.8, 4) is 11.5 Å². The lowest BCUT2D eigenvalue weighted by Gasteiger charge is -2.20. The van der Waals surface area contributed by atoms with Gasteiger partial charge in [-0.25, -0.2) is 0 Å². The standard InChI is InChI=1S/C15H17Cl2NO3/c16-11-8-10(9-12-14(11)21-7-3-6-20-12)13(17)15(19)18-4-1-2-5-18/h8-9,13H,1-7H2. The van der Waals surface area contributed by atoms with Gasteiger partial charge in [0.15, 0.2) is 11.5 Å². The van der Waals surface area contributed by atoms with Crippen LogP contribution in [-0.2, 0) is 4.79 Å². The first-order valence-electron chi connectivity index (χ1n) is 7.19. The summed E-state index contributed by atoms with van der Waals surface area (Å²) in [5, 5.41) is -0.304. The smallest absolute Gasteiger partial charge is 0.245 e. The Bertz CT molecular complexity index is 544. The number of ether oxygens (including phenoxy) is 2. The molecule has 0 aliphatic carbocycles. The van der Waals surface area contributed by atoms with Gasteiger partial charge in [0.05, 0.1) is 18.2 Å². The highest BCUT2D eigenvalue weighted by atomic mass is 35.5. The summed E-state index contributed by atoms with van der Waals surface area (Å²) in [6.45, 7) is 2.70. The summed E-state index contributed by atoms with van der Waals surface area (Å²) in [5.41, 5.74) is 0.655. The Kier molecular flexibility index (Phi) is 4.45. The molecule has 1 amide bonds. The molecule has 114 valence electrons. The molecule has 0 bridgehead atoms. The Labute approximate surface area is 133 Å². The molecular formula is C15H17Cl2NO3. The van der Waals surface area contributed by atoms with Gasteiger partial charge in [-0.05, 0) is 30.5 Å². The van der Waals surface area contributed by atoms with Crippen LogP contribution in [-0.4, -0.2) is 37.1 Å². The Balaban J connectivity index is 1.86. The normalized spacial score (nSPS) is 19.2. The fourth-order valence-corrected chi connectivity index (χ4v) is 3.18. The van der Waals surface area contributed by atoms with E-state index in [0.717, 1.165) is 32.4 Å². The number of carbonyl (C=O) groups excluding carboxylic acids is 1. The lowest BCUT2D eigenvalue weighted by atomic mass is 10.1. The zero-order valence-corrected chi connectivity index (χ0v) is 13.1. The average molecular weight is 330 g/mol. The summed E-state index contributed by atoms with van der Waals surface area (Å²) in [6.07, 6.45) is 2.88. The topological polar surface area (TPSA) is 38.8 Å². The van der Waals surface area contributed by atoms with Crippen molar-refractivity contribution in [1.29, 1.82) is 0 Å². The number of likely N-dealkylation sites (tertiary alicyclic amines) is 1. The van der Waals surface area contributed by atoms with Gasteiger partial charge in [0.2, 0.25) is 5.91 Å². The molecule has 4 nitrogen and oxygen atoms in total. The van der Waals surface area contributed by atoms with Crippen molar-refractivity contribution in [3.05, 3.63) is 22.7 Å². The Morgan fingerprint density at radius 3 is 2.62 bits per heavy atom. The fourth-order valence-electron chi connectivity index (χ4n) is 2.64. The summed E-state index contributed by atoms with van der Waals surface area (Å²) < 4.78 is 11.2. The molecule has 0 aromatic heterocycles. The minimum atomic E-state index is -0.738. The zero-order chi connectivity index (χ0) is 14.8. The molecule has 1 saturated heterocycles. The maximum atomic E-state index is 12.4. The highest BCUT2D eigenvalue weighted by Crippen LogP contribution is 2.40. The molecular weight excluding hydrogens is 313 g/mol. The van der Waals surface area contributed by atoms with Crippen molar-refractivity contribution in [2.45, 2.75) is 24.6 Å². The minimum Gasteiger partial charge on any atom is -0.489 e. The Hall–Kier alpha value is -1.13. The van der Waals surface area contributed by atoms with E-state index in [9.17, 15) is 4.79 Å². The number of benzene rings is 1. The summed E-state index contributed by atoms with van der Waals surface area (Å²) in [6, 6.07) is 3.46. The third kappa shape index (κ3) is 3.06. The summed E-state index contributed by atoms with van der Waals surface area (Å²) in [7, 11) is 0. The second-order valence-corrected chi connectivity index (χ2v) is 6.12. The maximum absolute atomic E-state index is 12.4. The number of hydrogen-bond acceptors (Lipinski definition) is 3. The average Bonchev–Trinajstić information content (AvgIpc) is 2.91. The summed E-state index contributed by atoms with van der Waals surface area (Å²) in [4.78, 5) is 14.2. The number of hydrogen-bond donors (Lipinski definition) is 0. The van der Waals surface area contributed by atoms with Crippen molar-refractivity contribution >= 4 is 29.1 Å². The van der Waals surface area contributed by atoms with Crippen molar-refractivity contribution in [2.24, 2.45) is 0 Å². The van der Waals surface area contributed by atoms with Crippen molar-refractivity contribution in [2.75, 3.05) is 26.3 Å². The molecule has 1 aromatic carbocycles. The van der Waals surface area contributed by atoms with Gasteiger partial charge in [0.25, 0.3) is 0 Å². The van der Waals surface area contributed by atoms with Gasteiger partial charge in [-0.1, -0.05) is 11.6 Å². The largest absolute Gasteiger partial charge is 0.489 e. The predicted molar refractivity (Wildman–Crippen MR) is 81.5 cm³/mol. The summed E-state index contributed by atoms with van der Waals surface area (Å²) >= 11 is 12.6. The van der Waals surface area contributed by atoms with E-state index >= 15 is 0 Å². The molecule has 0 N–H and O–H groups in total. The van der Waals surface area contributed by atoms with Gasteiger partial charge < -0.3 is 14.4 Å². The third-order valence-corrected chi connectivity index (χ3v) is 4.47. The highest BCUT2D eigenvalue weighted by molar-refractivity contribution is 6.33. The molecule has 1 aromatic rings. The van der Waals surface area contributed by atoms with E-state index < -0.39 is 5.38 Å². The molecule has 1 atom stereocenters. The first-order chi connectivity index (χ1) is 10.2. The van der Waals surface area contributed by atoms with E-state index in [1.807, 2.05) is 0 Å². The van der Waals surface area contributed by atoms with E-state index in [1.54, 1.807) is 17.0 Å². The molecule has 2 heterocycles. The van der Waals surface area contributed by atoms with Crippen LogP contribution >= 0.6 is 23.2 Å². The zero-order valence-electron chi connectivity index (χ0n) is 11.6. The molecule has 0 radical (unpaired) electrons. The molecule has 21 heavy (non-hydrogen) atoms. The van der Waals surface area contributed by atoms with Crippen LogP contribution in [0.3, 0.4) is 0 Å². The third-order valence-electron chi connectivity index (χ3n) is 3.75. The van der Waals surface area contributed by atoms with Crippen molar-refractivity contribution < 1.29 is 14.3 Å². The fraction of sp³-hybridized carbons (Fsp3) is 0.533. The first kappa shape index (κ1) is 14.8. The van der Waals surface area contributed by atoms with Crippen LogP contribution < -0.4 is 9.47 Å². The Morgan fingerprint density at radius 2 is 1.86 bits per heavy atom. The second kappa shape index (κ2) is 6.32. The quantitative estimate of drug-likeness (QED) is 0.780.